The molecule has 0 aliphatic heterocycles. The van der Waals surface area contributed by atoms with E-state index >= 15 is 0 Å². The Morgan fingerprint density at radius 2 is 1.68 bits per heavy atom. The zero-order valence-electron chi connectivity index (χ0n) is 15.0. The van der Waals surface area contributed by atoms with Crippen molar-refractivity contribution >= 4 is 23.4 Å². The van der Waals surface area contributed by atoms with Crippen LogP contribution < -0.4 is 10.4 Å². The molecule has 1 amide bonds. The highest BCUT2D eigenvalue weighted by atomic mass is 32.1. The molecule has 142 valence electrons. The van der Waals surface area contributed by atoms with E-state index in [0.717, 1.165) is 27.8 Å². The van der Waals surface area contributed by atoms with Crippen LogP contribution in [0.2, 0.25) is 0 Å². The summed E-state index contributed by atoms with van der Waals surface area (Å²) in [6.07, 6.45) is -0.944. The predicted octanol–water partition coefficient (Wildman–Crippen LogP) is 3.47. The molecular weight excluding hydrogens is 374 g/mol. The van der Waals surface area contributed by atoms with Crippen LogP contribution in [0.25, 0.3) is 11.1 Å². The van der Waals surface area contributed by atoms with E-state index in [9.17, 15) is 14.7 Å². The molecule has 0 saturated heterocycles. The van der Waals surface area contributed by atoms with E-state index in [1.807, 2.05) is 41.8 Å². The fraction of sp³-hybridized carbons (Fsp3) is 0.182. The van der Waals surface area contributed by atoms with Crippen molar-refractivity contribution in [3.63, 3.8) is 0 Å². The summed E-state index contributed by atoms with van der Waals surface area (Å²) in [5, 5.41) is 17.3. The topological polar surface area (TPSA) is 78.5 Å². The maximum absolute atomic E-state index is 12.4. The molecule has 1 aromatic heterocycles. The molecule has 28 heavy (non-hydrogen) atoms. The molecule has 1 atom stereocenters. The summed E-state index contributed by atoms with van der Waals surface area (Å²) >= 11 is 1.43. The Morgan fingerprint density at radius 3 is 2.25 bits per heavy atom. The standard InChI is InChI=1S/C22H19NO4S/c24-21(25)11-20(14-9-10-28-13-14)23-22(26)27-12-19-17-7-3-1-5-15(17)16-6-2-4-8-18(16)19/h1-10,13,19-20H,11-12H2,(H,23,26)(H,24,25)/p-1/t20-/m0/s1. The van der Waals surface area contributed by atoms with Crippen LogP contribution in [0.4, 0.5) is 4.79 Å². The lowest BCUT2D eigenvalue weighted by Gasteiger charge is -2.20. The van der Waals surface area contributed by atoms with E-state index in [1.54, 1.807) is 11.4 Å². The van der Waals surface area contributed by atoms with Gasteiger partial charge in [0, 0.05) is 18.3 Å². The minimum Gasteiger partial charge on any atom is -0.550 e. The highest BCUT2D eigenvalue weighted by molar-refractivity contribution is 7.08. The van der Waals surface area contributed by atoms with Crippen molar-refractivity contribution < 1.29 is 19.4 Å². The van der Waals surface area contributed by atoms with Crippen molar-refractivity contribution in [1.29, 1.82) is 0 Å². The summed E-state index contributed by atoms with van der Waals surface area (Å²) in [6, 6.07) is 17.3. The van der Waals surface area contributed by atoms with Gasteiger partial charge in [-0.15, -0.1) is 0 Å². The molecule has 5 nitrogen and oxygen atoms in total. The van der Waals surface area contributed by atoms with Gasteiger partial charge in [0.05, 0.1) is 6.04 Å². The van der Waals surface area contributed by atoms with Gasteiger partial charge in [-0.2, -0.15) is 11.3 Å². The molecule has 0 fully saturated rings. The van der Waals surface area contributed by atoms with Gasteiger partial charge in [0.25, 0.3) is 0 Å². The highest BCUT2D eigenvalue weighted by Crippen LogP contribution is 2.44. The smallest absolute Gasteiger partial charge is 0.407 e. The van der Waals surface area contributed by atoms with Crippen LogP contribution in [0.15, 0.2) is 65.4 Å². The third kappa shape index (κ3) is 3.64. The number of amides is 1. The van der Waals surface area contributed by atoms with Gasteiger partial charge < -0.3 is 20.0 Å². The average Bonchev–Trinajstić information content (AvgIpc) is 3.32. The summed E-state index contributed by atoms with van der Waals surface area (Å²) < 4.78 is 5.49. The maximum Gasteiger partial charge on any atom is 0.407 e. The number of carbonyl (C=O) groups is 2. The second kappa shape index (κ2) is 7.86. The van der Waals surface area contributed by atoms with E-state index in [1.165, 1.54) is 11.3 Å². The molecule has 3 aromatic rings. The zero-order valence-corrected chi connectivity index (χ0v) is 15.8. The van der Waals surface area contributed by atoms with E-state index in [2.05, 4.69) is 17.4 Å². The molecule has 1 heterocycles. The largest absolute Gasteiger partial charge is 0.550 e. The predicted molar refractivity (Wildman–Crippen MR) is 105 cm³/mol. The molecule has 0 radical (unpaired) electrons. The Morgan fingerprint density at radius 1 is 1.04 bits per heavy atom. The number of ether oxygens (including phenoxy) is 1. The number of rotatable bonds is 6. The first kappa shape index (κ1) is 18.3. The normalized spacial score (nSPS) is 13.4. The Kier molecular flexibility index (Phi) is 5.12. The van der Waals surface area contributed by atoms with Gasteiger partial charge in [0.2, 0.25) is 0 Å². The van der Waals surface area contributed by atoms with E-state index < -0.39 is 18.1 Å². The van der Waals surface area contributed by atoms with Gasteiger partial charge in [-0.3, -0.25) is 0 Å². The number of benzene rings is 2. The molecule has 0 bridgehead atoms. The maximum atomic E-state index is 12.4. The van der Waals surface area contributed by atoms with Crippen LogP contribution in [-0.2, 0) is 9.53 Å². The summed E-state index contributed by atoms with van der Waals surface area (Å²) in [6.45, 7) is 0.182. The highest BCUT2D eigenvalue weighted by Gasteiger charge is 2.29. The van der Waals surface area contributed by atoms with E-state index in [4.69, 9.17) is 4.74 Å². The van der Waals surface area contributed by atoms with Crippen molar-refractivity contribution in [2.24, 2.45) is 0 Å². The van der Waals surface area contributed by atoms with Crippen LogP contribution in [-0.4, -0.2) is 18.7 Å². The first-order chi connectivity index (χ1) is 13.6. The number of carbonyl (C=O) groups excluding carboxylic acids is 2. The number of carboxylic acid groups (broad SMARTS) is 1. The lowest BCUT2D eigenvalue weighted by atomic mass is 9.98. The van der Waals surface area contributed by atoms with Crippen molar-refractivity contribution in [1.82, 2.24) is 5.32 Å². The summed E-state index contributed by atoms with van der Waals surface area (Å²) in [4.78, 5) is 23.4. The summed E-state index contributed by atoms with van der Waals surface area (Å²) in [7, 11) is 0. The van der Waals surface area contributed by atoms with E-state index in [0.29, 0.717) is 0 Å². The van der Waals surface area contributed by atoms with E-state index in [-0.39, 0.29) is 18.9 Å². The average molecular weight is 392 g/mol. The lowest BCUT2D eigenvalue weighted by Crippen LogP contribution is -2.34. The molecule has 4 rings (SSSR count). The Labute approximate surface area is 166 Å². The molecule has 0 spiro atoms. The number of fused-ring (bicyclic) bond motifs is 3. The van der Waals surface area contributed by atoms with Gasteiger partial charge in [-0.25, -0.2) is 4.79 Å². The Hall–Kier alpha value is -3.12. The number of hydrogen-bond donors (Lipinski definition) is 1. The van der Waals surface area contributed by atoms with Crippen molar-refractivity contribution in [2.45, 2.75) is 18.4 Å². The third-order valence-electron chi connectivity index (χ3n) is 4.95. The molecule has 1 N–H and O–H groups in total. The first-order valence-corrected chi connectivity index (χ1v) is 9.91. The van der Waals surface area contributed by atoms with Gasteiger partial charge in [-0.05, 0) is 44.6 Å². The van der Waals surface area contributed by atoms with Crippen LogP contribution in [0.3, 0.4) is 0 Å². The summed E-state index contributed by atoms with van der Waals surface area (Å²) in [5.74, 6) is -1.27. The monoisotopic (exact) mass is 392 g/mol. The van der Waals surface area contributed by atoms with Crippen LogP contribution >= 0.6 is 11.3 Å². The molecule has 6 heteroatoms. The summed E-state index contributed by atoms with van der Waals surface area (Å²) in [5.41, 5.74) is 5.28. The van der Waals surface area contributed by atoms with Gasteiger partial charge in [0.1, 0.15) is 6.61 Å². The van der Waals surface area contributed by atoms with Crippen LogP contribution in [0.1, 0.15) is 35.1 Å². The molecule has 0 saturated carbocycles. The lowest BCUT2D eigenvalue weighted by molar-refractivity contribution is -0.306. The number of alkyl carbamates (subject to hydrolysis) is 1. The van der Waals surface area contributed by atoms with Gasteiger partial charge >= 0.3 is 6.09 Å². The Balaban J connectivity index is 1.47. The quantitative estimate of drug-likeness (QED) is 0.697. The van der Waals surface area contributed by atoms with Crippen molar-refractivity contribution in [3.8, 4) is 11.1 Å². The van der Waals surface area contributed by atoms with Gasteiger partial charge in [-0.1, -0.05) is 48.5 Å². The van der Waals surface area contributed by atoms with Crippen LogP contribution in [0.5, 0.6) is 0 Å². The molecule has 2 aromatic carbocycles. The third-order valence-corrected chi connectivity index (χ3v) is 5.65. The number of hydrogen-bond acceptors (Lipinski definition) is 5. The minimum absolute atomic E-state index is 0.0427. The number of carboxylic acids is 1. The zero-order chi connectivity index (χ0) is 19.5. The van der Waals surface area contributed by atoms with Crippen molar-refractivity contribution in [3.05, 3.63) is 82.0 Å². The van der Waals surface area contributed by atoms with Gasteiger partial charge in [0.15, 0.2) is 0 Å². The fourth-order valence-corrected chi connectivity index (χ4v) is 4.39. The number of aliphatic carboxylic acids is 1. The van der Waals surface area contributed by atoms with Crippen LogP contribution in [0, 0.1) is 0 Å². The molecule has 1 aliphatic rings. The fourth-order valence-electron chi connectivity index (χ4n) is 3.67. The SMILES string of the molecule is O=C([O-])C[C@H](NC(=O)OCC1c2ccccc2-c2ccccc21)c1ccsc1. The Bertz CT molecular complexity index is 954. The number of nitrogens with one attached hydrogen (secondary N) is 1. The minimum atomic E-state index is -1.23. The number of thiophene rings is 1. The second-order valence-corrected chi connectivity index (χ2v) is 7.44. The molecule has 0 unspecified atom stereocenters. The first-order valence-electron chi connectivity index (χ1n) is 8.97. The van der Waals surface area contributed by atoms with Crippen molar-refractivity contribution in [2.75, 3.05) is 6.61 Å². The second-order valence-electron chi connectivity index (χ2n) is 6.66. The molecule has 1 aliphatic carbocycles. The molecular formula is C22H18NO4S-.